The van der Waals surface area contributed by atoms with Gasteiger partial charge in [0.1, 0.15) is 0 Å². The second-order valence-electron chi connectivity index (χ2n) is 4.67. The molecule has 2 N–H and O–H groups in total. The number of hydrogen-bond acceptors (Lipinski definition) is 4. The van der Waals surface area contributed by atoms with E-state index in [1.54, 1.807) is 0 Å². The fourth-order valence-corrected chi connectivity index (χ4v) is 2.83. The lowest BCUT2D eigenvalue weighted by molar-refractivity contribution is 0.345. The summed E-state index contributed by atoms with van der Waals surface area (Å²) in [5.74, 6) is 1.53. The molecule has 1 aromatic heterocycles. The molecule has 4 nitrogen and oxygen atoms in total. The molecule has 0 radical (unpaired) electrons. The van der Waals surface area contributed by atoms with Gasteiger partial charge in [-0.05, 0) is 25.0 Å². The SMILES string of the molecule is NC1CCCC1c1nc(-c2cccc(Br)c2)no1. The van der Waals surface area contributed by atoms with Gasteiger partial charge in [-0.25, -0.2) is 0 Å². The lowest BCUT2D eigenvalue weighted by atomic mass is 10.1. The molecule has 1 aliphatic carbocycles. The number of nitrogens with two attached hydrogens (primary N) is 1. The molecular formula is C13H14BrN3O. The molecule has 0 aliphatic heterocycles. The minimum absolute atomic E-state index is 0.154. The third-order valence-corrected chi connectivity index (χ3v) is 3.90. The zero-order valence-electron chi connectivity index (χ0n) is 9.84. The molecule has 5 heteroatoms. The molecule has 1 heterocycles. The van der Waals surface area contributed by atoms with E-state index in [-0.39, 0.29) is 12.0 Å². The van der Waals surface area contributed by atoms with Gasteiger partial charge in [-0.1, -0.05) is 39.6 Å². The molecule has 1 aromatic carbocycles. The second-order valence-corrected chi connectivity index (χ2v) is 5.58. The molecule has 2 unspecified atom stereocenters. The first-order valence-corrected chi connectivity index (χ1v) is 6.88. The largest absolute Gasteiger partial charge is 0.339 e. The van der Waals surface area contributed by atoms with Crippen LogP contribution in [0, 0.1) is 0 Å². The van der Waals surface area contributed by atoms with Crippen molar-refractivity contribution in [2.45, 2.75) is 31.2 Å². The highest BCUT2D eigenvalue weighted by atomic mass is 79.9. The van der Waals surface area contributed by atoms with Crippen LogP contribution in [0.3, 0.4) is 0 Å². The maximum Gasteiger partial charge on any atom is 0.231 e. The molecule has 0 bridgehead atoms. The number of aromatic nitrogens is 2. The minimum Gasteiger partial charge on any atom is -0.339 e. The Bertz CT molecular complexity index is 555. The predicted octanol–water partition coefficient (Wildman–Crippen LogP) is 3.09. The number of benzene rings is 1. The van der Waals surface area contributed by atoms with Crippen molar-refractivity contribution < 1.29 is 4.52 Å². The van der Waals surface area contributed by atoms with E-state index in [0.29, 0.717) is 11.7 Å². The van der Waals surface area contributed by atoms with Crippen LogP contribution in [-0.4, -0.2) is 16.2 Å². The van der Waals surface area contributed by atoms with E-state index in [0.717, 1.165) is 29.3 Å². The standard InChI is InChI=1S/C13H14BrN3O/c14-9-4-1-3-8(7-9)12-16-13(18-17-12)10-5-2-6-11(10)15/h1,3-4,7,10-11H,2,5-6,15H2. The van der Waals surface area contributed by atoms with E-state index in [9.17, 15) is 0 Å². The van der Waals surface area contributed by atoms with E-state index < -0.39 is 0 Å². The molecule has 2 aromatic rings. The molecule has 0 saturated heterocycles. The summed E-state index contributed by atoms with van der Waals surface area (Å²) in [5, 5.41) is 4.04. The quantitative estimate of drug-likeness (QED) is 0.926. The van der Waals surface area contributed by atoms with E-state index in [2.05, 4.69) is 26.1 Å². The van der Waals surface area contributed by atoms with Crippen molar-refractivity contribution in [3.8, 4) is 11.4 Å². The van der Waals surface area contributed by atoms with Gasteiger partial charge in [-0.3, -0.25) is 0 Å². The summed E-state index contributed by atoms with van der Waals surface area (Å²) >= 11 is 3.44. The lowest BCUT2D eigenvalue weighted by Crippen LogP contribution is -2.22. The van der Waals surface area contributed by atoms with Gasteiger partial charge in [0.05, 0.1) is 5.92 Å². The summed E-state index contributed by atoms with van der Waals surface area (Å²) in [6, 6.07) is 8.02. The number of hydrogen-bond donors (Lipinski definition) is 1. The van der Waals surface area contributed by atoms with Crippen LogP contribution in [0.15, 0.2) is 33.3 Å². The van der Waals surface area contributed by atoms with Gasteiger partial charge in [-0.2, -0.15) is 4.98 Å². The summed E-state index contributed by atoms with van der Waals surface area (Å²) in [5.41, 5.74) is 7.00. The Morgan fingerprint density at radius 3 is 2.94 bits per heavy atom. The summed E-state index contributed by atoms with van der Waals surface area (Å²) in [6.07, 6.45) is 3.22. The van der Waals surface area contributed by atoms with Crippen molar-refractivity contribution in [3.05, 3.63) is 34.6 Å². The van der Waals surface area contributed by atoms with E-state index in [1.165, 1.54) is 0 Å². The molecule has 0 spiro atoms. The molecule has 1 saturated carbocycles. The van der Waals surface area contributed by atoms with E-state index in [1.807, 2.05) is 24.3 Å². The molecular weight excluding hydrogens is 294 g/mol. The smallest absolute Gasteiger partial charge is 0.231 e. The summed E-state index contributed by atoms with van der Waals surface area (Å²) in [7, 11) is 0. The van der Waals surface area contributed by atoms with Gasteiger partial charge in [-0.15, -0.1) is 0 Å². The first-order valence-electron chi connectivity index (χ1n) is 6.09. The summed E-state index contributed by atoms with van der Waals surface area (Å²) in [6.45, 7) is 0. The lowest BCUT2D eigenvalue weighted by Gasteiger charge is -2.08. The van der Waals surface area contributed by atoms with Crippen LogP contribution in [0.4, 0.5) is 0 Å². The van der Waals surface area contributed by atoms with Gasteiger partial charge in [0.15, 0.2) is 0 Å². The van der Waals surface area contributed by atoms with Crippen LogP contribution in [0.25, 0.3) is 11.4 Å². The van der Waals surface area contributed by atoms with Crippen molar-refractivity contribution in [3.63, 3.8) is 0 Å². The Kier molecular flexibility index (Phi) is 3.18. The fourth-order valence-electron chi connectivity index (χ4n) is 2.43. The molecule has 94 valence electrons. The predicted molar refractivity (Wildman–Crippen MR) is 72.0 cm³/mol. The molecule has 0 amide bonds. The summed E-state index contributed by atoms with van der Waals surface area (Å²) < 4.78 is 6.36. The zero-order chi connectivity index (χ0) is 12.5. The van der Waals surface area contributed by atoms with Gasteiger partial charge in [0, 0.05) is 16.1 Å². The molecule has 3 rings (SSSR count). The Hall–Kier alpha value is -1.20. The van der Waals surface area contributed by atoms with Crippen molar-refractivity contribution in [1.29, 1.82) is 0 Å². The highest BCUT2D eigenvalue weighted by Crippen LogP contribution is 2.33. The average Bonchev–Trinajstić information content (AvgIpc) is 2.97. The van der Waals surface area contributed by atoms with Crippen LogP contribution in [0.2, 0.25) is 0 Å². The van der Waals surface area contributed by atoms with Gasteiger partial charge in [0.2, 0.25) is 11.7 Å². The third kappa shape index (κ3) is 2.20. The van der Waals surface area contributed by atoms with Gasteiger partial charge < -0.3 is 10.3 Å². The summed E-state index contributed by atoms with van der Waals surface area (Å²) in [4.78, 5) is 4.48. The van der Waals surface area contributed by atoms with Crippen molar-refractivity contribution >= 4 is 15.9 Å². The monoisotopic (exact) mass is 307 g/mol. The first-order chi connectivity index (χ1) is 8.74. The molecule has 2 atom stereocenters. The van der Waals surface area contributed by atoms with Crippen LogP contribution in [-0.2, 0) is 0 Å². The Morgan fingerprint density at radius 2 is 2.22 bits per heavy atom. The molecule has 1 fully saturated rings. The topological polar surface area (TPSA) is 64.9 Å². The number of rotatable bonds is 2. The zero-order valence-corrected chi connectivity index (χ0v) is 11.4. The highest BCUT2D eigenvalue weighted by molar-refractivity contribution is 9.10. The van der Waals surface area contributed by atoms with Crippen molar-refractivity contribution in [1.82, 2.24) is 10.1 Å². The van der Waals surface area contributed by atoms with E-state index in [4.69, 9.17) is 10.3 Å². The minimum atomic E-state index is 0.154. The average molecular weight is 308 g/mol. The Balaban J connectivity index is 1.89. The fraction of sp³-hybridized carbons (Fsp3) is 0.385. The molecule has 18 heavy (non-hydrogen) atoms. The Morgan fingerprint density at radius 1 is 1.33 bits per heavy atom. The highest BCUT2D eigenvalue weighted by Gasteiger charge is 2.30. The van der Waals surface area contributed by atoms with E-state index >= 15 is 0 Å². The maximum absolute atomic E-state index is 6.05. The normalized spacial score (nSPS) is 23.4. The van der Waals surface area contributed by atoms with Crippen LogP contribution in [0.5, 0.6) is 0 Å². The van der Waals surface area contributed by atoms with Gasteiger partial charge in [0.25, 0.3) is 0 Å². The van der Waals surface area contributed by atoms with Crippen LogP contribution < -0.4 is 5.73 Å². The molecule has 1 aliphatic rings. The van der Waals surface area contributed by atoms with Crippen LogP contribution in [0.1, 0.15) is 31.1 Å². The van der Waals surface area contributed by atoms with Crippen LogP contribution >= 0.6 is 15.9 Å². The van der Waals surface area contributed by atoms with Gasteiger partial charge >= 0.3 is 0 Å². The van der Waals surface area contributed by atoms with Crippen molar-refractivity contribution in [2.24, 2.45) is 5.73 Å². The second kappa shape index (κ2) is 4.82. The third-order valence-electron chi connectivity index (χ3n) is 3.41. The number of nitrogens with zero attached hydrogens (tertiary/aromatic N) is 2. The maximum atomic E-state index is 6.05. The van der Waals surface area contributed by atoms with Crippen molar-refractivity contribution in [2.75, 3.05) is 0 Å². The first kappa shape index (κ1) is 11.9. The number of halogens is 1. The Labute approximate surface area is 114 Å².